The monoisotopic (exact) mass is 355 g/mol. The maximum Gasteiger partial charge on any atom is 0.322 e. The van der Waals surface area contributed by atoms with Crippen LogP contribution in [0.4, 0.5) is 0 Å². The smallest absolute Gasteiger partial charge is 0.322 e. The van der Waals surface area contributed by atoms with Crippen molar-refractivity contribution in [2.24, 2.45) is 0 Å². The summed E-state index contributed by atoms with van der Waals surface area (Å²) in [6.07, 6.45) is 1.37. The second-order valence-electron chi connectivity index (χ2n) is 4.98. The van der Waals surface area contributed by atoms with Crippen LogP contribution in [0.5, 0.6) is 0 Å². The largest absolute Gasteiger partial charge is 0.469 e. The van der Waals surface area contributed by atoms with Crippen molar-refractivity contribution < 1.29 is 19.1 Å². The molecule has 0 aliphatic carbocycles. The standard InChI is InChI=1S/C15H18BrNO4/c1-20-14(18)12-8-7-11(17-12)13(15(19)21-2)9-3-5-10(16)6-4-9/h3-6,11-13,17H,7-8H2,1-2H3/t11-,12-,13-/m0/s1. The van der Waals surface area contributed by atoms with Crippen molar-refractivity contribution in [2.45, 2.75) is 30.8 Å². The molecule has 0 aromatic heterocycles. The number of carbonyl (C=O) groups excluding carboxylic acids is 2. The Bertz CT molecular complexity index is 517. The van der Waals surface area contributed by atoms with Gasteiger partial charge < -0.3 is 14.8 Å². The molecule has 0 unspecified atom stereocenters. The highest BCUT2D eigenvalue weighted by Crippen LogP contribution is 2.29. The van der Waals surface area contributed by atoms with Gasteiger partial charge in [-0.1, -0.05) is 28.1 Å². The third kappa shape index (κ3) is 3.63. The summed E-state index contributed by atoms with van der Waals surface area (Å²) in [4.78, 5) is 23.7. The summed E-state index contributed by atoms with van der Waals surface area (Å²) in [7, 11) is 2.74. The highest BCUT2D eigenvalue weighted by Gasteiger charge is 2.38. The molecule has 1 aliphatic heterocycles. The number of hydrogen-bond donors (Lipinski definition) is 1. The molecule has 2 rings (SSSR count). The summed E-state index contributed by atoms with van der Waals surface area (Å²) >= 11 is 3.38. The number of hydrogen-bond acceptors (Lipinski definition) is 5. The van der Waals surface area contributed by atoms with E-state index in [9.17, 15) is 9.59 Å². The number of ether oxygens (including phenoxy) is 2. The molecule has 0 amide bonds. The zero-order chi connectivity index (χ0) is 15.4. The molecule has 0 radical (unpaired) electrons. The van der Waals surface area contributed by atoms with Crippen LogP contribution in [0.1, 0.15) is 24.3 Å². The molecular formula is C15H18BrNO4. The Kier molecular flexibility index (Phi) is 5.36. The van der Waals surface area contributed by atoms with Gasteiger partial charge in [0, 0.05) is 10.5 Å². The van der Waals surface area contributed by atoms with Crippen LogP contribution < -0.4 is 5.32 Å². The van der Waals surface area contributed by atoms with E-state index >= 15 is 0 Å². The summed E-state index contributed by atoms with van der Waals surface area (Å²) in [5.41, 5.74) is 0.869. The molecule has 1 aromatic carbocycles. The fourth-order valence-corrected chi connectivity index (χ4v) is 2.96. The number of esters is 2. The van der Waals surface area contributed by atoms with Crippen molar-refractivity contribution in [2.75, 3.05) is 14.2 Å². The van der Waals surface area contributed by atoms with Gasteiger partial charge in [-0.15, -0.1) is 0 Å². The Morgan fingerprint density at radius 3 is 2.43 bits per heavy atom. The second kappa shape index (κ2) is 7.04. The van der Waals surface area contributed by atoms with E-state index in [0.717, 1.165) is 16.5 Å². The van der Waals surface area contributed by atoms with Gasteiger partial charge in [-0.25, -0.2) is 0 Å². The maximum absolute atomic E-state index is 12.1. The Hall–Kier alpha value is -1.40. The summed E-state index contributed by atoms with van der Waals surface area (Å²) in [6, 6.07) is 7.05. The molecule has 6 heteroatoms. The topological polar surface area (TPSA) is 64.6 Å². The van der Waals surface area contributed by atoms with Crippen molar-refractivity contribution in [1.82, 2.24) is 5.32 Å². The highest BCUT2D eigenvalue weighted by atomic mass is 79.9. The summed E-state index contributed by atoms with van der Waals surface area (Å²) in [5, 5.41) is 3.18. The average molecular weight is 356 g/mol. The average Bonchev–Trinajstić information content (AvgIpc) is 2.98. The zero-order valence-corrected chi connectivity index (χ0v) is 13.6. The number of methoxy groups -OCH3 is 2. The van der Waals surface area contributed by atoms with Gasteiger partial charge in [-0.2, -0.15) is 0 Å². The van der Waals surface area contributed by atoms with Crippen LogP contribution >= 0.6 is 15.9 Å². The first kappa shape index (κ1) is 16.0. The predicted octanol–water partition coefficient (Wildman–Crippen LogP) is 2.00. The lowest BCUT2D eigenvalue weighted by molar-refractivity contribution is -0.145. The summed E-state index contributed by atoms with van der Waals surface area (Å²) in [5.74, 6) is -1.03. The van der Waals surface area contributed by atoms with Gasteiger partial charge >= 0.3 is 11.9 Å². The van der Waals surface area contributed by atoms with Crippen molar-refractivity contribution >= 4 is 27.9 Å². The predicted molar refractivity (Wildman–Crippen MR) is 80.9 cm³/mol. The van der Waals surface area contributed by atoms with Gasteiger partial charge in [-0.05, 0) is 30.5 Å². The highest BCUT2D eigenvalue weighted by molar-refractivity contribution is 9.10. The van der Waals surface area contributed by atoms with Crippen LogP contribution in [-0.2, 0) is 19.1 Å². The molecule has 1 N–H and O–H groups in total. The van der Waals surface area contributed by atoms with Crippen molar-refractivity contribution in [3.05, 3.63) is 34.3 Å². The molecule has 21 heavy (non-hydrogen) atoms. The van der Waals surface area contributed by atoms with Gasteiger partial charge in [-0.3, -0.25) is 9.59 Å². The van der Waals surface area contributed by atoms with E-state index in [1.165, 1.54) is 14.2 Å². The van der Waals surface area contributed by atoms with Crippen molar-refractivity contribution in [3.8, 4) is 0 Å². The Morgan fingerprint density at radius 2 is 1.86 bits per heavy atom. The van der Waals surface area contributed by atoms with Crippen LogP contribution in [0, 0.1) is 0 Å². The lowest BCUT2D eigenvalue weighted by Crippen LogP contribution is -2.41. The van der Waals surface area contributed by atoms with Crippen molar-refractivity contribution in [1.29, 1.82) is 0 Å². The fourth-order valence-electron chi connectivity index (χ4n) is 2.69. The second-order valence-corrected chi connectivity index (χ2v) is 5.89. The maximum atomic E-state index is 12.1. The van der Waals surface area contributed by atoms with Crippen LogP contribution in [0.15, 0.2) is 28.7 Å². The van der Waals surface area contributed by atoms with Crippen LogP contribution in [0.2, 0.25) is 0 Å². The number of halogens is 1. The van der Waals surface area contributed by atoms with Gasteiger partial charge in [0.25, 0.3) is 0 Å². The molecule has 114 valence electrons. The molecule has 1 aliphatic rings. The van der Waals surface area contributed by atoms with E-state index in [4.69, 9.17) is 9.47 Å². The normalized spacial score (nSPS) is 22.6. The third-order valence-electron chi connectivity index (χ3n) is 3.75. The van der Waals surface area contributed by atoms with E-state index in [-0.39, 0.29) is 24.0 Å². The van der Waals surface area contributed by atoms with Crippen LogP contribution in [-0.4, -0.2) is 38.2 Å². The molecule has 0 saturated carbocycles. The molecule has 1 fully saturated rings. The molecule has 1 aromatic rings. The minimum Gasteiger partial charge on any atom is -0.469 e. The third-order valence-corrected chi connectivity index (χ3v) is 4.28. The first-order chi connectivity index (χ1) is 10.1. The Morgan fingerprint density at radius 1 is 1.19 bits per heavy atom. The van der Waals surface area contributed by atoms with Crippen molar-refractivity contribution in [3.63, 3.8) is 0 Å². The molecule has 1 saturated heterocycles. The van der Waals surface area contributed by atoms with E-state index in [0.29, 0.717) is 6.42 Å². The molecular weight excluding hydrogens is 338 g/mol. The fraction of sp³-hybridized carbons (Fsp3) is 0.467. The SMILES string of the molecule is COC(=O)[C@@H]1CC[C@@H]([C@@H](C(=O)OC)c2ccc(Br)cc2)N1. The lowest BCUT2D eigenvalue weighted by Gasteiger charge is -2.22. The first-order valence-corrected chi connectivity index (χ1v) is 7.53. The molecule has 1 heterocycles. The van der Waals surface area contributed by atoms with Crippen LogP contribution in [0.25, 0.3) is 0 Å². The number of benzene rings is 1. The lowest BCUT2D eigenvalue weighted by atomic mass is 9.90. The molecule has 3 atom stereocenters. The number of rotatable bonds is 4. The molecule has 0 bridgehead atoms. The Labute approximate surface area is 132 Å². The molecule has 5 nitrogen and oxygen atoms in total. The zero-order valence-electron chi connectivity index (χ0n) is 12.0. The van der Waals surface area contributed by atoms with Gasteiger partial charge in [0.2, 0.25) is 0 Å². The van der Waals surface area contributed by atoms with E-state index < -0.39 is 5.92 Å². The number of nitrogens with one attached hydrogen (secondary N) is 1. The molecule has 0 spiro atoms. The minimum absolute atomic E-state index is 0.136. The minimum atomic E-state index is -0.433. The van der Waals surface area contributed by atoms with E-state index in [1.54, 1.807) is 0 Å². The summed E-state index contributed by atoms with van der Waals surface area (Å²) < 4.78 is 10.6. The number of carbonyl (C=O) groups is 2. The first-order valence-electron chi connectivity index (χ1n) is 6.74. The van der Waals surface area contributed by atoms with Gasteiger partial charge in [0.05, 0.1) is 20.1 Å². The van der Waals surface area contributed by atoms with Gasteiger partial charge in [0.15, 0.2) is 0 Å². The van der Waals surface area contributed by atoms with Gasteiger partial charge in [0.1, 0.15) is 6.04 Å². The van der Waals surface area contributed by atoms with E-state index in [1.807, 2.05) is 24.3 Å². The van der Waals surface area contributed by atoms with Crippen LogP contribution in [0.3, 0.4) is 0 Å². The Balaban J connectivity index is 2.20. The van der Waals surface area contributed by atoms with E-state index in [2.05, 4.69) is 21.2 Å². The summed E-state index contributed by atoms with van der Waals surface area (Å²) in [6.45, 7) is 0. The quantitative estimate of drug-likeness (QED) is 0.836.